The number of likely N-dealkylation sites (tertiary alicyclic amines) is 1. The van der Waals surface area contributed by atoms with Crippen LogP contribution in [0.3, 0.4) is 0 Å². The second-order valence-corrected chi connectivity index (χ2v) is 11.8. The van der Waals surface area contributed by atoms with Gasteiger partial charge in [0.05, 0.1) is 30.1 Å². The summed E-state index contributed by atoms with van der Waals surface area (Å²) in [5.41, 5.74) is -0.107. The van der Waals surface area contributed by atoms with Crippen LogP contribution in [-0.4, -0.2) is 64.2 Å². The predicted octanol–water partition coefficient (Wildman–Crippen LogP) is 2.83. The van der Waals surface area contributed by atoms with Gasteiger partial charge in [-0.15, -0.1) is 0 Å². The van der Waals surface area contributed by atoms with Gasteiger partial charge >= 0.3 is 0 Å². The zero-order chi connectivity index (χ0) is 28.5. The lowest BCUT2D eigenvalue weighted by Gasteiger charge is -2.37. The van der Waals surface area contributed by atoms with Crippen LogP contribution in [0.2, 0.25) is 0 Å². The van der Waals surface area contributed by atoms with Gasteiger partial charge in [-0.3, -0.25) is 14.4 Å². The quantitative estimate of drug-likeness (QED) is 0.375. The summed E-state index contributed by atoms with van der Waals surface area (Å²) in [5, 5.41) is 16.6. The van der Waals surface area contributed by atoms with Gasteiger partial charge in [0.25, 0.3) is 0 Å². The minimum atomic E-state index is -1.14. The lowest BCUT2D eigenvalue weighted by molar-refractivity contribution is -0.150. The van der Waals surface area contributed by atoms with E-state index in [1.807, 2.05) is 74.5 Å². The highest BCUT2D eigenvalue weighted by atomic mass is 16.5. The molecule has 3 amide bonds. The number of nitrogens with one attached hydrogen (secondary N) is 2. The number of fused-ring (bicyclic) bond motifs is 1. The van der Waals surface area contributed by atoms with Crippen LogP contribution >= 0.6 is 0 Å². The number of hydrogen-bond donors (Lipinski definition) is 3. The van der Waals surface area contributed by atoms with Gasteiger partial charge in [-0.25, -0.2) is 0 Å². The number of amides is 3. The fraction of sp³-hybridized carbons (Fsp3) is 0.531. The van der Waals surface area contributed by atoms with Crippen LogP contribution < -0.4 is 10.6 Å². The highest BCUT2D eigenvalue weighted by Gasteiger charge is 2.80. The van der Waals surface area contributed by atoms with Crippen molar-refractivity contribution in [2.75, 3.05) is 13.2 Å². The Morgan fingerprint density at radius 2 is 1.70 bits per heavy atom. The third kappa shape index (κ3) is 4.71. The maximum absolute atomic E-state index is 14.4. The Morgan fingerprint density at radius 3 is 2.33 bits per heavy atom. The summed E-state index contributed by atoms with van der Waals surface area (Å²) in [7, 11) is 0. The molecule has 0 aromatic heterocycles. The van der Waals surface area contributed by atoms with Crippen LogP contribution in [-0.2, 0) is 32.1 Å². The Hall–Kier alpha value is -3.23. The minimum absolute atomic E-state index is 0.0448. The van der Waals surface area contributed by atoms with Crippen molar-refractivity contribution in [2.45, 2.75) is 76.3 Å². The number of aliphatic hydroxyl groups is 1. The topological polar surface area (TPSA) is 108 Å². The highest BCUT2D eigenvalue weighted by molar-refractivity contribution is 5.99. The third-order valence-electron chi connectivity index (χ3n) is 9.34. The van der Waals surface area contributed by atoms with E-state index < -0.39 is 35.1 Å². The molecular formula is C32H41N3O5. The van der Waals surface area contributed by atoms with Crippen molar-refractivity contribution in [3.8, 4) is 0 Å². The average molecular weight is 548 g/mol. The molecule has 0 saturated carbocycles. The van der Waals surface area contributed by atoms with Gasteiger partial charge in [-0.2, -0.15) is 0 Å². The largest absolute Gasteiger partial charge is 0.394 e. The molecule has 7 atom stereocenters. The molecule has 3 heterocycles. The smallest absolute Gasteiger partial charge is 0.245 e. The van der Waals surface area contributed by atoms with Gasteiger partial charge in [0.2, 0.25) is 17.7 Å². The van der Waals surface area contributed by atoms with E-state index in [9.17, 15) is 19.5 Å². The van der Waals surface area contributed by atoms with E-state index in [1.54, 1.807) is 4.90 Å². The van der Waals surface area contributed by atoms with Crippen molar-refractivity contribution in [2.24, 2.45) is 17.8 Å². The zero-order valence-electron chi connectivity index (χ0n) is 23.6. The second kappa shape index (κ2) is 11.3. The van der Waals surface area contributed by atoms with Gasteiger partial charge < -0.3 is 25.4 Å². The van der Waals surface area contributed by atoms with Gasteiger partial charge in [0.1, 0.15) is 11.6 Å². The van der Waals surface area contributed by atoms with E-state index in [2.05, 4.69) is 17.6 Å². The van der Waals surface area contributed by atoms with Crippen molar-refractivity contribution in [1.29, 1.82) is 0 Å². The molecule has 2 aromatic rings. The van der Waals surface area contributed by atoms with E-state index in [-0.39, 0.29) is 30.2 Å². The summed E-state index contributed by atoms with van der Waals surface area (Å²) in [4.78, 5) is 43.7. The van der Waals surface area contributed by atoms with E-state index in [4.69, 9.17) is 4.74 Å². The van der Waals surface area contributed by atoms with E-state index in [1.165, 1.54) is 0 Å². The molecule has 2 aromatic carbocycles. The van der Waals surface area contributed by atoms with E-state index in [0.717, 1.165) is 24.0 Å². The summed E-state index contributed by atoms with van der Waals surface area (Å²) in [6.45, 7) is 6.53. The maximum Gasteiger partial charge on any atom is 0.245 e. The first-order valence-electron chi connectivity index (χ1n) is 14.5. The second-order valence-electron chi connectivity index (χ2n) is 11.8. The first-order valence-corrected chi connectivity index (χ1v) is 14.5. The molecule has 2 bridgehead atoms. The Bertz CT molecular complexity index is 1220. The number of hydrogen-bond acceptors (Lipinski definition) is 5. The number of carbonyl (C=O) groups excluding carboxylic acids is 3. The lowest BCUT2D eigenvalue weighted by Crippen LogP contribution is -2.58. The molecule has 3 unspecified atom stereocenters. The summed E-state index contributed by atoms with van der Waals surface area (Å²) in [6.07, 6.45) is 2.62. The molecule has 8 heteroatoms. The van der Waals surface area contributed by atoms with Crippen molar-refractivity contribution < 1.29 is 24.2 Å². The van der Waals surface area contributed by atoms with Crippen LogP contribution in [0.15, 0.2) is 60.7 Å². The molecule has 3 N–H and O–H groups in total. The number of carbonyl (C=O) groups is 3. The molecule has 1 spiro atoms. The van der Waals surface area contributed by atoms with Gasteiger partial charge in [-0.05, 0) is 43.2 Å². The summed E-state index contributed by atoms with van der Waals surface area (Å²) in [5.74, 6) is -2.42. The van der Waals surface area contributed by atoms with Crippen molar-refractivity contribution in [1.82, 2.24) is 15.5 Å². The molecule has 5 rings (SSSR count). The fourth-order valence-electron chi connectivity index (χ4n) is 7.29. The summed E-state index contributed by atoms with van der Waals surface area (Å²) >= 11 is 0. The number of rotatable bonds is 11. The van der Waals surface area contributed by atoms with Crippen LogP contribution in [0.4, 0.5) is 0 Å². The van der Waals surface area contributed by atoms with E-state index >= 15 is 0 Å². The molecule has 3 fully saturated rings. The molecule has 3 aliphatic rings. The van der Waals surface area contributed by atoms with Crippen LogP contribution in [0.5, 0.6) is 0 Å². The van der Waals surface area contributed by atoms with Crippen molar-refractivity contribution >= 4 is 17.7 Å². The molecule has 0 radical (unpaired) electrons. The van der Waals surface area contributed by atoms with Crippen molar-refractivity contribution in [3.05, 3.63) is 71.8 Å². The van der Waals surface area contributed by atoms with Gasteiger partial charge in [-0.1, -0.05) is 80.9 Å². The number of aliphatic hydroxyl groups excluding tert-OH is 1. The number of benzene rings is 2. The standard InChI is InChI=1S/C32H41N3O5/c1-4-5-16-33-29(38)27-32-18-21(2)31(3,40-32)25(28(37)34-19-23-14-10-7-11-15-23)26(32)30(39)35(27)24(20-36)17-22-12-8-6-9-13-22/h6-15,21,24-27,36H,4-5,16-20H2,1-3H3,(H,33,38)(H,34,37)/t21?,24-,25-,26+,27?,31+,32?/m1/s1. The highest BCUT2D eigenvalue weighted by Crippen LogP contribution is 2.65. The minimum Gasteiger partial charge on any atom is -0.394 e. The fourth-order valence-corrected chi connectivity index (χ4v) is 7.29. The normalized spacial score (nSPS) is 31.2. The predicted molar refractivity (Wildman–Crippen MR) is 151 cm³/mol. The molecule has 214 valence electrons. The molecule has 3 aliphatic heterocycles. The van der Waals surface area contributed by atoms with Crippen LogP contribution in [0.1, 0.15) is 51.2 Å². The molecular weight excluding hydrogens is 506 g/mol. The van der Waals surface area contributed by atoms with Crippen LogP contribution in [0.25, 0.3) is 0 Å². The SMILES string of the molecule is CCCCNC(=O)C1N([C@@H](CO)Cc2ccccc2)C(=O)[C@@H]2[C@H](C(=O)NCc3ccccc3)[C@@]3(C)OC12CC3C. The number of ether oxygens (including phenoxy) is 1. The summed E-state index contributed by atoms with van der Waals surface area (Å²) < 4.78 is 6.79. The number of unbranched alkanes of at least 4 members (excludes halogenated alkanes) is 1. The zero-order valence-corrected chi connectivity index (χ0v) is 23.6. The average Bonchev–Trinajstić information content (AvgIpc) is 3.48. The van der Waals surface area contributed by atoms with E-state index in [0.29, 0.717) is 25.9 Å². The number of nitrogens with zero attached hydrogens (tertiary/aromatic N) is 1. The maximum atomic E-state index is 14.4. The third-order valence-corrected chi connectivity index (χ3v) is 9.34. The van der Waals surface area contributed by atoms with Gasteiger partial charge in [0, 0.05) is 13.1 Å². The van der Waals surface area contributed by atoms with Crippen LogP contribution in [0, 0.1) is 17.8 Å². The molecule has 8 nitrogen and oxygen atoms in total. The Morgan fingerprint density at radius 1 is 1.05 bits per heavy atom. The van der Waals surface area contributed by atoms with Crippen molar-refractivity contribution in [3.63, 3.8) is 0 Å². The molecule has 0 aliphatic carbocycles. The van der Waals surface area contributed by atoms with Gasteiger partial charge in [0.15, 0.2) is 0 Å². The monoisotopic (exact) mass is 547 g/mol. The Balaban J connectivity index is 1.51. The molecule has 40 heavy (non-hydrogen) atoms. The summed E-state index contributed by atoms with van der Waals surface area (Å²) in [6, 6.07) is 17.7. The molecule has 3 saturated heterocycles. The lowest BCUT2D eigenvalue weighted by atomic mass is 9.62. The first kappa shape index (κ1) is 28.3. The Labute approximate surface area is 236 Å². The first-order chi connectivity index (χ1) is 19.3. The Kier molecular flexibility index (Phi) is 8.02.